The maximum atomic E-state index is 13.4. The minimum atomic E-state index is -4.63. The van der Waals surface area contributed by atoms with Gasteiger partial charge in [0.05, 0.1) is 11.3 Å². The van der Waals surface area contributed by atoms with E-state index in [9.17, 15) is 22.4 Å². The van der Waals surface area contributed by atoms with Crippen molar-refractivity contribution in [2.75, 3.05) is 5.32 Å². The molecule has 0 radical (unpaired) electrons. The van der Waals surface area contributed by atoms with Crippen molar-refractivity contribution in [2.24, 2.45) is 0 Å². The number of anilines is 1. The van der Waals surface area contributed by atoms with E-state index in [4.69, 9.17) is 4.74 Å². The van der Waals surface area contributed by atoms with Crippen LogP contribution in [0.25, 0.3) is 0 Å². The topological polar surface area (TPSA) is 38.3 Å². The number of halogens is 4. The molecule has 2 aromatic rings. The van der Waals surface area contributed by atoms with Crippen molar-refractivity contribution in [2.45, 2.75) is 6.18 Å². The second-order valence-electron chi connectivity index (χ2n) is 4.02. The van der Waals surface area contributed by atoms with Crippen LogP contribution in [-0.4, -0.2) is 6.09 Å². The van der Waals surface area contributed by atoms with Gasteiger partial charge in [-0.3, -0.25) is 5.32 Å². The number of hydrogen-bond acceptors (Lipinski definition) is 2. The van der Waals surface area contributed by atoms with Gasteiger partial charge in [0.25, 0.3) is 0 Å². The highest BCUT2D eigenvalue weighted by molar-refractivity contribution is 5.86. The van der Waals surface area contributed by atoms with Crippen LogP contribution in [0.3, 0.4) is 0 Å². The van der Waals surface area contributed by atoms with Gasteiger partial charge >= 0.3 is 12.3 Å². The fraction of sp³-hybridized carbons (Fsp3) is 0.0714. The largest absolute Gasteiger partial charge is 0.417 e. The molecule has 0 unspecified atom stereocenters. The molecule has 110 valence electrons. The Labute approximate surface area is 117 Å². The molecule has 0 aliphatic rings. The zero-order chi connectivity index (χ0) is 15.5. The van der Waals surface area contributed by atoms with Crippen molar-refractivity contribution in [1.29, 1.82) is 0 Å². The van der Waals surface area contributed by atoms with Gasteiger partial charge in [-0.15, -0.1) is 0 Å². The van der Waals surface area contributed by atoms with Crippen molar-refractivity contribution >= 4 is 11.8 Å². The summed E-state index contributed by atoms with van der Waals surface area (Å²) in [6.45, 7) is 0. The van der Waals surface area contributed by atoms with Gasteiger partial charge in [0.2, 0.25) is 0 Å². The van der Waals surface area contributed by atoms with Crippen LogP contribution in [0.4, 0.5) is 28.0 Å². The predicted octanol–water partition coefficient (Wildman–Crippen LogP) is 4.46. The molecule has 1 N–H and O–H groups in total. The van der Waals surface area contributed by atoms with Crippen molar-refractivity contribution < 1.29 is 27.1 Å². The lowest BCUT2D eigenvalue weighted by atomic mass is 10.2. The van der Waals surface area contributed by atoms with E-state index in [-0.39, 0.29) is 5.75 Å². The van der Waals surface area contributed by atoms with Crippen LogP contribution in [0, 0.1) is 5.82 Å². The van der Waals surface area contributed by atoms with Crippen LogP contribution in [0.2, 0.25) is 0 Å². The summed E-state index contributed by atoms with van der Waals surface area (Å²) in [6.07, 6.45) is -5.72. The first kappa shape index (κ1) is 14.8. The third-order valence-corrected chi connectivity index (χ3v) is 2.48. The van der Waals surface area contributed by atoms with Crippen molar-refractivity contribution in [3.8, 4) is 5.75 Å². The number of carbonyl (C=O) groups excluding carboxylic acids is 1. The molecule has 0 atom stereocenters. The van der Waals surface area contributed by atoms with Crippen LogP contribution >= 0.6 is 0 Å². The quantitative estimate of drug-likeness (QED) is 0.832. The zero-order valence-corrected chi connectivity index (χ0v) is 10.4. The maximum absolute atomic E-state index is 13.4. The summed E-state index contributed by atoms with van der Waals surface area (Å²) in [6, 6.07) is 9.56. The van der Waals surface area contributed by atoms with Gasteiger partial charge in [-0.2, -0.15) is 13.2 Å². The Morgan fingerprint density at radius 1 is 1.05 bits per heavy atom. The second-order valence-corrected chi connectivity index (χ2v) is 4.02. The Hall–Kier alpha value is -2.57. The van der Waals surface area contributed by atoms with Crippen LogP contribution < -0.4 is 10.1 Å². The molecule has 3 nitrogen and oxygen atoms in total. The van der Waals surface area contributed by atoms with E-state index in [0.717, 1.165) is 0 Å². The number of para-hydroxylation sites is 1. The van der Waals surface area contributed by atoms with Crippen LogP contribution in [0.15, 0.2) is 48.5 Å². The standard InChI is InChI=1S/C14H9F4NO2/c15-11-7-6-9(14(16,17)18)8-12(11)19-13(20)21-10-4-2-1-3-5-10/h1-8H,(H,19,20). The van der Waals surface area contributed by atoms with E-state index in [2.05, 4.69) is 0 Å². The fourth-order valence-corrected chi connectivity index (χ4v) is 1.53. The van der Waals surface area contributed by atoms with Gasteiger partial charge < -0.3 is 4.74 Å². The van der Waals surface area contributed by atoms with Gasteiger partial charge in [0, 0.05) is 0 Å². The smallest absolute Gasteiger partial charge is 0.410 e. The summed E-state index contributed by atoms with van der Waals surface area (Å²) in [7, 11) is 0. The molecule has 21 heavy (non-hydrogen) atoms. The molecule has 0 bridgehead atoms. The highest BCUT2D eigenvalue weighted by Gasteiger charge is 2.31. The van der Waals surface area contributed by atoms with Crippen molar-refractivity contribution in [3.05, 3.63) is 59.9 Å². The average molecular weight is 299 g/mol. The van der Waals surface area contributed by atoms with Gasteiger partial charge in [0.1, 0.15) is 11.6 Å². The number of rotatable bonds is 2. The summed E-state index contributed by atoms with van der Waals surface area (Å²) in [5.74, 6) is -0.810. The molecule has 2 rings (SSSR count). The molecule has 0 heterocycles. The number of benzene rings is 2. The molecule has 0 aliphatic carbocycles. The molecule has 1 amide bonds. The first-order valence-electron chi connectivity index (χ1n) is 5.77. The van der Waals surface area contributed by atoms with Gasteiger partial charge in [0.15, 0.2) is 0 Å². The summed E-state index contributed by atoms with van der Waals surface area (Å²) in [5, 5.41) is 1.94. The first-order chi connectivity index (χ1) is 9.86. The number of hydrogen-bond donors (Lipinski definition) is 1. The van der Waals surface area contributed by atoms with E-state index < -0.39 is 29.3 Å². The minimum absolute atomic E-state index is 0.183. The van der Waals surface area contributed by atoms with Gasteiger partial charge in [-0.25, -0.2) is 9.18 Å². The lowest BCUT2D eigenvalue weighted by molar-refractivity contribution is -0.137. The summed E-state index contributed by atoms with van der Waals surface area (Å²) in [4.78, 5) is 11.5. The molecule has 7 heteroatoms. The highest BCUT2D eigenvalue weighted by atomic mass is 19.4. The van der Waals surface area contributed by atoms with Crippen LogP contribution in [0.5, 0.6) is 5.75 Å². The van der Waals surface area contributed by atoms with E-state index in [1.807, 2.05) is 5.32 Å². The molecule has 0 fully saturated rings. The Bertz CT molecular complexity index is 641. The maximum Gasteiger partial charge on any atom is 0.417 e. The third kappa shape index (κ3) is 3.95. The first-order valence-corrected chi connectivity index (χ1v) is 5.77. The van der Waals surface area contributed by atoms with Gasteiger partial charge in [-0.05, 0) is 30.3 Å². The third-order valence-electron chi connectivity index (χ3n) is 2.48. The second kappa shape index (κ2) is 5.82. The number of ether oxygens (including phenoxy) is 1. The minimum Gasteiger partial charge on any atom is -0.410 e. The monoisotopic (exact) mass is 299 g/mol. The molecule has 0 saturated carbocycles. The van der Waals surface area contributed by atoms with Gasteiger partial charge in [-0.1, -0.05) is 18.2 Å². The number of carbonyl (C=O) groups is 1. The van der Waals surface area contributed by atoms with Crippen LogP contribution in [0.1, 0.15) is 5.56 Å². The predicted molar refractivity (Wildman–Crippen MR) is 67.5 cm³/mol. The van der Waals surface area contributed by atoms with E-state index in [1.54, 1.807) is 18.2 Å². The fourth-order valence-electron chi connectivity index (χ4n) is 1.53. The van der Waals surface area contributed by atoms with E-state index in [1.165, 1.54) is 12.1 Å². The van der Waals surface area contributed by atoms with Crippen LogP contribution in [-0.2, 0) is 6.18 Å². The molecule has 0 spiro atoms. The number of alkyl halides is 3. The Morgan fingerprint density at radius 2 is 1.71 bits per heavy atom. The molecular weight excluding hydrogens is 290 g/mol. The molecule has 0 saturated heterocycles. The normalized spacial score (nSPS) is 11.0. The Morgan fingerprint density at radius 3 is 2.33 bits per heavy atom. The molecule has 2 aromatic carbocycles. The Balaban J connectivity index is 2.14. The number of amides is 1. The zero-order valence-electron chi connectivity index (χ0n) is 10.4. The summed E-state index contributed by atoms with van der Waals surface area (Å²) in [5.41, 5.74) is -1.68. The Kier molecular flexibility index (Phi) is 4.11. The number of nitrogens with one attached hydrogen (secondary N) is 1. The lowest BCUT2D eigenvalue weighted by Gasteiger charge is -2.11. The molecular formula is C14H9F4NO2. The summed E-state index contributed by atoms with van der Waals surface area (Å²) >= 11 is 0. The highest BCUT2D eigenvalue weighted by Crippen LogP contribution is 2.31. The van der Waals surface area contributed by atoms with Crippen molar-refractivity contribution in [3.63, 3.8) is 0 Å². The SMILES string of the molecule is O=C(Nc1cc(C(F)(F)F)ccc1F)Oc1ccccc1. The molecule has 0 aliphatic heterocycles. The summed E-state index contributed by atoms with van der Waals surface area (Å²) < 4.78 is 55.8. The van der Waals surface area contributed by atoms with E-state index >= 15 is 0 Å². The van der Waals surface area contributed by atoms with E-state index in [0.29, 0.717) is 18.2 Å². The van der Waals surface area contributed by atoms with Crippen molar-refractivity contribution in [1.82, 2.24) is 0 Å². The molecule has 0 aromatic heterocycles. The lowest BCUT2D eigenvalue weighted by Crippen LogP contribution is -2.18. The average Bonchev–Trinajstić information content (AvgIpc) is 2.41.